The second-order valence-electron chi connectivity index (χ2n) is 8.57. The number of nitrogens with zero attached hydrogens (tertiary/aromatic N) is 2. The predicted octanol–water partition coefficient (Wildman–Crippen LogP) is 5.45. The van der Waals surface area contributed by atoms with Crippen molar-refractivity contribution in [1.82, 2.24) is 9.47 Å². The molecule has 0 radical (unpaired) electrons. The Labute approximate surface area is 194 Å². The van der Waals surface area contributed by atoms with Crippen LogP contribution < -0.4 is 0 Å². The van der Waals surface area contributed by atoms with E-state index in [4.69, 9.17) is 0 Å². The van der Waals surface area contributed by atoms with Crippen LogP contribution in [0, 0.1) is 17.5 Å². The van der Waals surface area contributed by atoms with Crippen molar-refractivity contribution >= 4 is 16.8 Å². The van der Waals surface area contributed by atoms with E-state index >= 15 is 0 Å². The standard InChI is InChI=1S/C27H23F3N2O2/c28-18-3-1-17(2-4-18)26(33)11-12-27(34)31-14-13-25-23(16-31)22-15-20(30)7-10-24(22)32(25)21-8-5-19(29)6-9-21/h1-10,15,26,33H,11-14,16H2. The minimum atomic E-state index is -0.862. The summed E-state index contributed by atoms with van der Waals surface area (Å²) in [6, 6.07) is 16.3. The van der Waals surface area contributed by atoms with E-state index in [-0.39, 0.29) is 36.2 Å². The highest BCUT2D eigenvalue weighted by Gasteiger charge is 2.27. The summed E-state index contributed by atoms with van der Waals surface area (Å²) in [6.07, 6.45) is 0.0628. The maximum absolute atomic E-state index is 14.1. The molecular weight excluding hydrogens is 441 g/mol. The lowest BCUT2D eigenvalue weighted by Gasteiger charge is -2.29. The highest BCUT2D eigenvalue weighted by Crippen LogP contribution is 2.34. The van der Waals surface area contributed by atoms with Crippen LogP contribution in [-0.2, 0) is 17.8 Å². The lowest BCUT2D eigenvalue weighted by molar-refractivity contribution is -0.132. The molecule has 34 heavy (non-hydrogen) atoms. The third-order valence-corrected chi connectivity index (χ3v) is 6.43. The zero-order valence-electron chi connectivity index (χ0n) is 18.3. The molecule has 1 N–H and O–H groups in total. The van der Waals surface area contributed by atoms with E-state index in [9.17, 15) is 23.1 Å². The molecule has 2 heterocycles. The molecule has 174 valence electrons. The number of fused-ring (bicyclic) bond motifs is 3. The molecule has 1 atom stereocenters. The molecule has 5 rings (SSSR count). The highest BCUT2D eigenvalue weighted by atomic mass is 19.1. The van der Waals surface area contributed by atoms with Crippen molar-refractivity contribution in [3.05, 3.63) is 101 Å². The summed E-state index contributed by atoms with van der Waals surface area (Å²) in [5, 5.41) is 11.1. The van der Waals surface area contributed by atoms with Crippen LogP contribution in [-0.4, -0.2) is 27.0 Å². The Balaban J connectivity index is 1.39. The minimum absolute atomic E-state index is 0.106. The number of aliphatic hydroxyl groups excluding tert-OH is 1. The van der Waals surface area contributed by atoms with Crippen LogP contribution in [0.15, 0.2) is 66.7 Å². The number of carbonyl (C=O) groups excluding carboxylic acids is 1. The molecule has 7 heteroatoms. The SMILES string of the molecule is O=C(CCC(O)c1ccc(F)cc1)N1CCc2c(c3cc(F)ccc3n2-c2ccc(F)cc2)C1. The first-order valence-electron chi connectivity index (χ1n) is 11.2. The highest BCUT2D eigenvalue weighted by molar-refractivity contribution is 5.88. The topological polar surface area (TPSA) is 45.5 Å². The van der Waals surface area contributed by atoms with E-state index in [0.717, 1.165) is 27.8 Å². The average molecular weight is 464 g/mol. The van der Waals surface area contributed by atoms with Crippen molar-refractivity contribution in [2.75, 3.05) is 6.54 Å². The van der Waals surface area contributed by atoms with E-state index in [0.29, 0.717) is 25.1 Å². The smallest absolute Gasteiger partial charge is 0.222 e. The predicted molar refractivity (Wildman–Crippen MR) is 123 cm³/mol. The second kappa shape index (κ2) is 8.99. The van der Waals surface area contributed by atoms with Gasteiger partial charge in [0.15, 0.2) is 0 Å². The van der Waals surface area contributed by atoms with Crippen molar-refractivity contribution < 1.29 is 23.1 Å². The summed E-state index contributed by atoms with van der Waals surface area (Å²) in [7, 11) is 0. The first-order chi connectivity index (χ1) is 16.4. The van der Waals surface area contributed by atoms with E-state index in [2.05, 4.69) is 0 Å². The van der Waals surface area contributed by atoms with Gasteiger partial charge < -0.3 is 14.6 Å². The van der Waals surface area contributed by atoms with Crippen LogP contribution in [0.5, 0.6) is 0 Å². The molecule has 0 aliphatic carbocycles. The largest absolute Gasteiger partial charge is 0.388 e. The van der Waals surface area contributed by atoms with E-state index in [1.54, 1.807) is 23.1 Å². The quantitative estimate of drug-likeness (QED) is 0.427. The number of aliphatic hydroxyl groups is 1. The lowest BCUT2D eigenvalue weighted by atomic mass is 10.0. The van der Waals surface area contributed by atoms with Gasteiger partial charge in [-0.1, -0.05) is 12.1 Å². The summed E-state index contributed by atoms with van der Waals surface area (Å²) in [4.78, 5) is 14.7. The monoisotopic (exact) mass is 464 g/mol. The maximum atomic E-state index is 14.1. The van der Waals surface area contributed by atoms with Crippen molar-refractivity contribution in [1.29, 1.82) is 0 Å². The first kappa shape index (κ1) is 22.2. The van der Waals surface area contributed by atoms with E-state index in [1.165, 1.54) is 48.5 Å². The Kier molecular flexibility index (Phi) is 5.87. The normalized spacial score (nSPS) is 14.3. The second-order valence-corrected chi connectivity index (χ2v) is 8.57. The molecule has 1 unspecified atom stereocenters. The number of amides is 1. The molecule has 3 aromatic carbocycles. The van der Waals surface area contributed by atoms with Gasteiger partial charge in [0.1, 0.15) is 17.5 Å². The van der Waals surface area contributed by atoms with Gasteiger partial charge in [-0.2, -0.15) is 0 Å². The number of hydrogen-bond donors (Lipinski definition) is 1. The molecule has 0 saturated heterocycles. The molecular formula is C27H23F3N2O2. The van der Waals surface area contributed by atoms with Crippen LogP contribution >= 0.6 is 0 Å². The molecule has 1 amide bonds. The average Bonchev–Trinajstić information content (AvgIpc) is 3.16. The van der Waals surface area contributed by atoms with Crippen LogP contribution in [0.4, 0.5) is 13.2 Å². The third-order valence-electron chi connectivity index (χ3n) is 6.43. The van der Waals surface area contributed by atoms with Gasteiger partial charge in [0.2, 0.25) is 5.91 Å². The van der Waals surface area contributed by atoms with E-state index < -0.39 is 6.10 Å². The maximum Gasteiger partial charge on any atom is 0.222 e. The first-order valence-corrected chi connectivity index (χ1v) is 11.2. The van der Waals surface area contributed by atoms with E-state index in [1.807, 2.05) is 4.57 Å². The van der Waals surface area contributed by atoms with Gasteiger partial charge in [-0.25, -0.2) is 13.2 Å². The molecule has 0 bridgehead atoms. The van der Waals surface area contributed by atoms with Gasteiger partial charge in [-0.05, 0) is 66.6 Å². The van der Waals surface area contributed by atoms with Crippen molar-refractivity contribution in [2.24, 2.45) is 0 Å². The number of hydrogen-bond acceptors (Lipinski definition) is 2. The Bertz CT molecular complexity index is 1350. The zero-order chi connectivity index (χ0) is 23.8. The minimum Gasteiger partial charge on any atom is -0.388 e. The molecule has 0 saturated carbocycles. The molecule has 0 fully saturated rings. The van der Waals surface area contributed by atoms with Gasteiger partial charge in [0, 0.05) is 48.3 Å². The number of aromatic nitrogens is 1. The molecule has 4 aromatic rings. The van der Waals surface area contributed by atoms with Gasteiger partial charge in [-0.15, -0.1) is 0 Å². The molecule has 4 nitrogen and oxygen atoms in total. The van der Waals surface area contributed by atoms with Crippen LogP contribution in [0.1, 0.15) is 35.8 Å². The summed E-state index contributed by atoms with van der Waals surface area (Å²) in [5.41, 5.74) is 3.99. The number of carbonyl (C=O) groups is 1. The zero-order valence-corrected chi connectivity index (χ0v) is 18.3. The van der Waals surface area contributed by atoms with Crippen LogP contribution in [0.3, 0.4) is 0 Å². The molecule has 1 aromatic heterocycles. The molecule has 0 spiro atoms. The number of rotatable bonds is 5. The van der Waals surface area contributed by atoms with Gasteiger partial charge in [-0.3, -0.25) is 4.79 Å². The van der Waals surface area contributed by atoms with Crippen molar-refractivity contribution in [2.45, 2.75) is 31.9 Å². The molecule has 1 aliphatic rings. The van der Waals surface area contributed by atoms with Gasteiger partial charge in [0.25, 0.3) is 0 Å². The summed E-state index contributed by atoms with van der Waals surface area (Å²) >= 11 is 0. The van der Waals surface area contributed by atoms with Crippen LogP contribution in [0.25, 0.3) is 16.6 Å². The number of halogens is 3. The Morgan fingerprint density at radius 1 is 0.912 bits per heavy atom. The lowest BCUT2D eigenvalue weighted by Crippen LogP contribution is -2.36. The summed E-state index contributed by atoms with van der Waals surface area (Å²) < 4.78 is 42.7. The summed E-state index contributed by atoms with van der Waals surface area (Å²) in [5.74, 6) is -1.18. The molecule has 1 aliphatic heterocycles. The van der Waals surface area contributed by atoms with Crippen LogP contribution in [0.2, 0.25) is 0 Å². The van der Waals surface area contributed by atoms with Crippen molar-refractivity contribution in [3.63, 3.8) is 0 Å². The third kappa shape index (κ3) is 4.19. The Morgan fingerprint density at radius 3 is 2.26 bits per heavy atom. The van der Waals surface area contributed by atoms with Gasteiger partial charge >= 0.3 is 0 Å². The Morgan fingerprint density at radius 2 is 1.56 bits per heavy atom. The summed E-state index contributed by atoms with van der Waals surface area (Å²) in [6.45, 7) is 0.813. The fourth-order valence-electron chi connectivity index (χ4n) is 4.70. The van der Waals surface area contributed by atoms with Gasteiger partial charge in [0.05, 0.1) is 11.6 Å². The Hall–Kier alpha value is -3.58. The fourth-order valence-corrected chi connectivity index (χ4v) is 4.70. The van der Waals surface area contributed by atoms with Crippen molar-refractivity contribution in [3.8, 4) is 5.69 Å². The number of benzene rings is 3. The fraction of sp³-hybridized carbons (Fsp3) is 0.222.